The van der Waals surface area contributed by atoms with Gasteiger partial charge in [0.05, 0.1) is 5.75 Å². The lowest BCUT2D eigenvalue weighted by atomic mass is 10.7. The van der Waals surface area contributed by atoms with E-state index in [9.17, 15) is 9.59 Å². The number of hydrazine groups is 1. The van der Waals surface area contributed by atoms with Gasteiger partial charge >= 0.3 is 5.97 Å². The van der Waals surface area contributed by atoms with Crippen molar-refractivity contribution < 1.29 is 14.7 Å². The van der Waals surface area contributed by atoms with E-state index >= 15 is 0 Å². The lowest BCUT2D eigenvalue weighted by Gasteiger charge is -2.00. The second kappa shape index (κ2) is 5.07. The Morgan fingerprint density at radius 3 is 2.50 bits per heavy atom. The summed E-state index contributed by atoms with van der Waals surface area (Å²) in [5.41, 5.74) is 4.31. The van der Waals surface area contributed by atoms with Crippen LogP contribution in [0.15, 0.2) is 0 Å². The molecule has 1 amide bonds. The van der Waals surface area contributed by atoms with E-state index in [-0.39, 0.29) is 18.2 Å². The molecule has 0 rings (SSSR count). The highest BCUT2D eigenvalue weighted by Crippen LogP contribution is 1.68. The summed E-state index contributed by atoms with van der Waals surface area (Å²) in [7, 11) is 0. The summed E-state index contributed by atoms with van der Waals surface area (Å²) in [5.74, 6) is -1.35. The number of aliphatic carboxylic acids is 1. The molecule has 0 radical (unpaired) electrons. The minimum atomic E-state index is -1.03. The molecule has 0 aromatic heterocycles. The van der Waals surface area contributed by atoms with Crippen molar-refractivity contribution in [3.63, 3.8) is 0 Å². The van der Waals surface area contributed by atoms with Gasteiger partial charge in [0.15, 0.2) is 0 Å². The number of thiol groups is 1. The van der Waals surface area contributed by atoms with Crippen LogP contribution in [0.5, 0.6) is 0 Å². The van der Waals surface area contributed by atoms with E-state index in [1.807, 2.05) is 0 Å². The minimum Gasteiger partial charge on any atom is -0.480 e. The van der Waals surface area contributed by atoms with Crippen LogP contribution in [0.3, 0.4) is 0 Å². The zero-order valence-corrected chi connectivity index (χ0v) is 6.02. The number of hydrogen-bond acceptors (Lipinski definition) is 4. The summed E-state index contributed by atoms with van der Waals surface area (Å²) in [6.45, 7) is -0.292. The first-order valence-electron chi connectivity index (χ1n) is 2.51. The van der Waals surface area contributed by atoms with Crippen LogP contribution < -0.4 is 10.9 Å². The number of hydrogen-bond donors (Lipinski definition) is 4. The van der Waals surface area contributed by atoms with Crippen molar-refractivity contribution in [1.82, 2.24) is 10.9 Å². The summed E-state index contributed by atoms with van der Waals surface area (Å²) in [5, 5.41) is 8.07. The molecule has 6 heteroatoms. The van der Waals surface area contributed by atoms with Gasteiger partial charge in [0.2, 0.25) is 5.91 Å². The molecule has 3 N–H and O–H groups in total. The predicted octanol–water partition coefficient (Wildman–Crippen LogP) is -1.38. The van der Waals surface area contributed by atoms with Gasteiger partial charge in [-0.15, -0.1) is 0 Å². The fourth-order valence-corrected chi connectivity index (χ4v) is 0.337. The van der Waals surface area contributed by atoms with Crippen molar-refractivity contribution in [2.24, 2.45) is 0 Å². The molecule has 0 saturated heterocycles. The van der Waals surface area contributed by atoms with Gasteiger partial charge in [-0.05, 0) is 0 Å². The molecule has 0 aliphatic rings. The average molecular weight is 164 g/mol. The summed E-state index contributed by atoms with van der Waals surface area (Å²) in [4.78, 5) is 20.2. The van der Waals surface area contributed by atoms with E-state index < -0.39 is 5.97 Å². The van der Waals surface area contributed by atoms with Crippen LogP contribution in [0.4, 0.5) is 0 Å². The summed E-state index contributed by atoms with van der Waals surface area (Å²) >= 11 is 3.64. The third-order valence-corrected chi connectivity index (χ3v) is 0.898. The van der Waals surface area contributed by atoms with Crippen molar-refractivity contribution in [2.45, 2.75) is 0 Å². The Labute approximate surface area is 63.2 Å². The van der Waals surface area contributed by atoms with E-state index in [1.54, 1.807) is 0 Å². The number of carbonyl (C=O) groups is 2. The van der Waals surface area contributed by atoms with Crippen LogP contribution in [-0.2, 0) is 9.59 Å². The first-order chi connectivity index (χ1) is 4.66. The Kier molecular flexibility index (Phi) is 4.69. The van der Waals surface area contributed by atoms with Gasteiger partial charge in [-0.2, -0.15) is 12.6 Å². The standard InChI is InChI=1S/C4H8N2O3S/c7-3(2-10)6-5-1-4(8)9/h5,10H,1-2H2,(H,6,7)(H,8,9). The highest BCUT2D eigenvalue weighted by molar-refractivity contribution is 7.81. The molecule has 0 atom stereocenters. The summed E-state index contributed by atoms with van der Waals surface area (Å²) in [6, 6.07) is 0. The van der Waals surface area contributed by atoms with Gasteiger partial charge in [-0.25, -0.2) is 5.43 Å². The molecule has 0 spiro atoms. The fourth-order valence-electron chi connectivity index (χ4n) is 0.258. The number of carbonyl (C=O) groups excluding carboxylic acids is 1. The van der Waals surface area contributed by atoms with E-state index in [4.69, 9.17) is 5.11 Å². The molecule has 0 aliphatic heterocycles. The zero-order chi connectivity index (χ0) is 7.98. The first kappa shape index (κ1) is 9.25. The monoisotopic (exact) mass is 164 g/mol. The van der Waals surface area contributed by atoms with Crippen LogP contribution in [0.2, 0.25) is 0 Å². The van der Waals surface area contributed by atoms with Gasteiger partial charge in [-0.1, -0.05) is 0 Å². The lowest BCUT2D eigenvalue weighted by Crippen LogP contribution is -2.41. The highest BCUT2D eigenvalue weighted by atomic mass is 32.1. The number of amides is 1. The van der Waals surface area contributed by atoms with Crippen LogP contribution in [0.1, 0.15) is 0 Å². The van der Waals surface area contributed by atoms with Crippen molar-refractivity contribution in [2.75, 3.05) is 12.3 Å². The third-order valence-electron chi connectivity index (χ3n) is 0.611. The molecule has 58 valence electrons. The maximum Gasteiger partial charge on any atom is 0.319 e. The van der Waals surface area contributed by atoms with Crippen LogP contribution >= 0.6 is 12.6 Å². The number of carboxylic acids is 1. The van der Waals surface area contributed by atoms with E-state index in [0.29, 0.717) is 0 Å². The molecule has 0 heterocycles. The Balaban J connectivity index is 3.20. The molecule has 0 aromatic rings. The van der Waals surface area contributed by atoms with E-state index in [2.05, 4.69) is 23.5 Å². The summed E-state index contributed by atoms with van der Waals surface area (Å²) in [6.07, 6.45) is 0. The molecule has 0 aromatic carbocycles. The van der Waals surface area contributed by atoms with Crippen LogP contribution in [-0.4, -0.2) is 29.3 Å². The lowest BCUT2D eigenvalue weighted by molar-refractivity contribution is -0.136. The van der Waals surface area contributed by atoms with Crippen molar-refractivity contribution in [1.29, 1.82) is 0 Å². The molecular weight excluding hydrogens is 156 g/mol. The smallest absolute Gasteiger partial charge is 0.319 e. The van der Waals surface area contributed by atoms with Crippen LogP contribution in [0, 0.1) is 0 Å². The van der Waals surface area contributed by atoms with Gasteiger partial charge in [0.25, 0.3) is 0 Å². The SMILES string of the molecule is O=C(O)CNNC(=O)CS. The third kappa shape index (κ3) is 5.39. The Morgan fingerprint density at radius 2 is 2.10 bits per heavy atom. The maximum absolute atomic E-state index is 10.4. The molecule has 5 nitrogen and oxygen atoms in total. The zero-order valence-electron chi connectivity index (χ0n) is 5.13. The Bertz CT molecular complexity index is 138. The first-order valence-corrected chi connectivity index (χ1v) is 3.14. The Morgan fingerprint density at radius 1 is 1.50 bits per heavy atom. The summed E-state index contributed by atoms with van der Waals surface area (Å²) < 4.78 is 0. The minimum absolute atomic E-state index is 0.0343. The molecule has 0 fully saturated rings. The fraction of sp³-hybridized carbons (Fsp3) is 0.500. The molecule has 0 bridgehead atoms. The number of nitrogens with one attached hydrogen (secondary N) is 2. The van der Waals surface area contributed by atoms with Gasteiger partial charge in [-0.3, -0.25) is 15.0 Å². The number of carboxylic acid groups (broad SMARTS) is 1. The average Bonchev–Trinajstić information content (AvgIpc) is 1.87. The molecule has 0 aliphatic carbocycles. The van der Waals surface area contributed by atoms with E-state index in [1.165, 1.54) is 0 Å². The second-order valence-corrected chi connectivity index (χ2v) is 1.77. The van der Waals surface area contributed by atoms with E-state index in [0.717, 1.165) is 0 Å². The maximum atomic E-state index is 10.4. The second-order valence-electron chi connectivity index (χ2n) is 1.45. The van der Waals surface area contributed by atoms with Crippen molar-refractivity contribution >= 4 is 24.5 Å². The molecule has 10 heavy (non-hydrogen) atoms. The van der Waals surface area contributed by atoms with Crippen molar-refractivity contribution in [3.8, 4) is 0 Å². The topological polar surface area (TPSA) is 78.4 Å². The van der Waals surface area contributed by atoms with Crippen LogP contribution in [0.25, 0.3) is 0 Å². The Hall–Kier alpha value is -0.750. The largest absolute Gasteiger partial charge is 0.480 e. The number of rotatable bonds is 4. The molecule has 0 saturated carbocycles. The molecular formula is C4H8N2O3S. The normalized spacial score (nSPS) is 8.90. The quantitative estimate of drug-likeness (QED) is 0.305. The predicted molar refractivity (Wildman–Crippen MR) is 37.6 cm³/mol. The molecule has 0 unspecified atom stereocenters. The van der Waals surface area contributed by atoms with Gasteiger partial charge in [0, 0.05) is 0 Å². The van der Waals surface area contributed by atoms with Gasteiger partial charge < -0.3 is 5.11 Å². The van der Waals surface area contributed by atoms with Gasteiger partial charge in [0.1, 0.15) is 6.54 Å². The van der Waals surface area contributed by atoms with Crippen molar-refractivity contribution in [3.05, 3.63) is 0 Å². The highest BCUT2D eigenvalue weighted by Gasteiger charge is 1.97.